The number of aliphatic carboxylic acids is 3. The number of hydrogen-bond donors (Lipinski definition) is 9. The molecule has 3 aromatic rings. The van der Waals surface area contributed by atoms with Gasteiger partial charge in [0.15, 0.2) is 0 Å². The fraction of sp³-hybridized carbons (Fsp3) is 0.500. The van der Waals surface area contributed by atoms with Crippen LogP contribution >= 0.6 is 0 Å². The number of amides is 6. The summed E-state index contributed by atoms with van der Waals surface area (Å²) in [6.07, 6.45) is 0.744. The van der Waals surface area contributed by atoms with Crippen molar-refractivity contribution in [2.24, 2.45) is 0 Å². The van der Waals surface area contributed by atoms with E-state index in [0.29, 0.717) is 24.2 Å². The number of benzene rings is 2. The van der Waals surface area contributed by atoms with Crippen molar-refractivity contribution in [2.75, 3.05) is 109 Å². The van der Waals surface area contributed by atoms with Gasteiger partial charge < -0.3 is 52.5 Å². The monoisotopic (exact) mass is 1130 g/mol. The lowest BCUT2D eigenvalue weighted by molar-refractivity contribution is -0.140. The molecule has 2 saturated heterocycles. The molecule has 2 aliphatic heterocycles. The largest absolute Gasteiger partial charge is 0.480 e. The van der Waals surface area contributed by atoms with E-state index in [1.165, 1.54) is 18.3 Å². The minimum atomic E-state index is -3.22. The Labute approximate surface area is 467 Å². The van der Waals surface area contributed by atoms with Gasteiger partial charge in [-0.25, -0.2) is 8.78 Å². The molecule has 25 nitrogen and oxygen atoms in total. The number of nitrogens with zero attached hydrogens (tertiary/aromatic N) is 7. The van der Waals surface area contributed by atoms with Crippen LogP contribution in [0.25, 0.3) is 11.1 Å². The molecule has 81 heavy (non-hydrogen) atoms. The van der Waals surface area contributed by atoms with Crippen molar-refractivity contribution in [2.45, 2.75) is 76.9 Å². The maximum Gasteiger partial charge on any atom is 0.317 e. The number of carbonyl (C=O) groups is 9. The van der Waals surface area contributed by atoms with E-state index in [4.69, 9.17) is 5.73 Å². The van der Waals surface area contributed by atoms with Gasteiger partial charge in [0.25, 0.3) is 11.8 Å². The number of nitrogen functional groups attached to an aromatic ring is 1. The lowest BCUT2D eigenvalue weighted by Gasteiger charge is -2.32. The Kier molecular flexibility index (Phi) is 24.3. The number of unbranched alkanes of at least 4 members (excludes halogenated alkanes) is 1. The van der Waals surface area contributed by atoms with Crippen LogP contribution in [0, 0.1) is 25.2 Å². The standard InChI is InChI=1S/C54H71F2N13O12/c1-35-23-37(6-8-42(35)58)38-7-9-43(36(2)24-38)64-53(81)44(63-46(71)11-10-45(70)61-28-40-25-39(12-14-59-40)52(80)62-29-48(73)69-34-54(55,56)26-41(69)27-57)5-3-4-13-60-47(72)30-65-15-17-66(31-49(74)75)19-21-68(33-51(78)79)22-20-67(18-16-65)32-50(76)77/h6-9,12,14,23-25,41,44H,3-5,10-11,13,15-22,26,28-34,58H2,1-2H3,(H,60,72)(H,61,70)(H,62,80)(H,63,71)(H,64,81)(H,74,75)(H,76,77)(H,78,79)/t41-,44?/m0/s1. The summed E-state index contributed by atoms with van der Waals surface area (Å²) in [6.45, 7) is 3.03. The maximum atomic E-state index is 14.0. The first-order valence-corrected chi connectivity index (χ1v) is 26.4. The zero-order valence-electron chi connectivity index (χ0n) is 45.4. The smallest absolute Gasteiger partial charge is 0.317 e. The van der Waals surface area contributed by atoms with E-state index < -0.39 is 85.0 Å². The number of carboxylic acid groups (broad SMARTS) is 3. The molecule has 2 atom stereocenters. The zero-order valence-corrected chi connectivity index (χ0v) is 45.4. The van der Waals surface area contributed by atoms with Gasteiger partial charge >= 0.3 is 17.9 Å². The van der Waals surface area contributed by atoms with Crippen LogP contribution in [0.2, 0.25) is 0 Å². The highest BCUT2D eigenvalue weighted by molar-refractivity contribution is 5.98. The number of nitrogens with two attached hydrogens (primary N) is 1. The molecule has 2 fully saturated rings. The fourth-order valence-electron chi connectivity index (χ4n) is 9.11. The normalized spacial score (nSPS) is 16.8. The number of halogens is 2. The predicted molar refractivity (Wildman–Crippen MR) is 290 cm³/mol. The second-order valence-corrected chi connectivity index (χ2v) is 20.1. The van der Waals surface area contributed by atoms with Crippen molar-refractivity contribution in [3.8, 4) is 17.2 Å². The fourth-order valence-corrected chi connectivity index (χ4v) is 9.11. The van der Waals surface area contributed by atoms with Gasteiger partial charge in [-0.05, 0) is 91.8 Å². The number of pyridine rings is 1. The van der Waals surface area contributed by atoms with E-state index >= 15 is 0 Å². The first-order valence-electron chi connectivity index (χ1n) is 26.4. The number of aromatic nitrogens is 1. The molecule has 0 saturated carbocycles. The average molecular weight is 1130 g/mol. The number of nitriles is 1. The van der Waals surface area contributed by atoms with E-state index in [0.717, 1.165) is 27.2 Å². The second kappa shape index (κ2) is 31.0. The first kappa shape index (κ1) is 63.6. The van der Waals surface area contributed by atoms with Crippen LogP contribution in [0.3, 0.4) is 0 Å². The Morgan fingerprint density at radius 1 is 0.716 bits per heavy atom. The summed E-state index contributed by atoms with van der Waals surface area (Å²) < 4.78 is 27.7. The summed E-state index contributed by atoms with van der Waals surface area (Å²) in [5.74, 6) is -10.1. The molecule has 1 aromatic heterocycles. The molecule has 0 spiro atoms. The van der Waals surface area contributed by atoms with Gasteiger partial charge in [0.2, 0.25) is 29.5 Å². The van der Waals surface area contributed by atoms with Crippen LogP contribution in [0.1, 0.15) is 65.7 Å². The first-order chi connectivity index (χ1) is 38.5. The lowest BCUT2D eigenvalue weighted by Crippen LogP contribution is -2.49. The highest BCUT2D eigenvalue weighted by Gasteiger charge is 2.47. The SMILES string of the molecule is Cc1cc(-c2ccc(NC(=O)C(CCCCNC(=O)CN3CCN(CC(=O)O)CCN(CC(=O)O)CCN(CC(=O)O)CC3)NC(=O)CCC(=O)NCc3cc(C(=O)NCC(=O)N4CC(F)(F)C[C@H]4C#N)ccn3)c(C)c2)ccc1N. The molecule has 1 unspecified atom stereocenters. The van der Waals surface area contributed by atoms with E-state index in [1.54, 1.807) is 31.7 Å². The highest BCUT2D eigenvalue weighted by Crippen LogP contribution is 2.32. The van der Waals surface area contributed by atoms with Crippen LogP contribution in [-0.2, 0) is 44.9 Å². The number of aryl methyl sites for hydroxylation is 2. The number of carboxylic acids is 3. The van der Waals surface area contributed by atoms with Crippen LogP contribution in [0.4, 0.5) is 20.2 Å². The third-order valence-corrected chi connectivity index (χ3v) is 13.6. The molecule has 438 valence electrons. The number of likely N-dealkylation sites (tertiary alicyclic amines) is 1. The number of hydrogen-bond acceptors (Lipinski definition) is 16. The Morgan fingerprint density at radius 3 is 1.83 bits per heavy atom. The van der Waals surface area contributed by atoms with Gasteiger partial charge in [-0.3, -0.25) is 67.7 Å². The van der Waals surface area contributed by atoms with Gasteiger partial charge in [-0.1, -0.05) is 12.1 Å². The van der Waals surface area contributed by atoms with E-state index in [9.17, 15) is 72.5 Å². The number of carbonyl (C=O) groups excluding carboxylic acids is 6. The van der Waals surface area contributed by atoms with Crippen LogP contribution in [0.15, 0.2) is 54.7 Å². The summed E-state index contributed by atoms with van der Waals surface area (Å²) in [6, 6.07) is 13.1. The van der Waals surface area contributed by atoms with Crippen molar-refractivity contribution in [1.29, 1.82) is 5.26 Å². The van der Waals surface area contributed by atoms with E-state index in [2.05, 4.69) is 31.6 Å². The van der Waals surface area contributed by atoms with Gasteiger partial charge in [0.1, 0.15) is 12.1 Å². The molecular weight excluding hydrogens is 1060 g/mol. The molecule has 5 rings (SSSR count). The van der Waals surface area contributed by atoms with Crippen molar-refractivity contribution in [3.63, 3.8) is 0 Å². The maximum absolute atomic E-state index is 14.0. The minimum absolute atomic E-state index is 0.0512. The van der Waals surface area contributed by atoms with Gasteiger partial charge in [0, 0.05) is 101 Å². The third-order valence-electron chi connectivity index (χ3n) is 13.6. The summed E-state index contributed by atoms with van der Waals surface area (Å²) in [5, 5.41) is 51.3. The minimum Gasteiger partial charge on any atom is -0.480 e. The Balaban J connectivity index is 1.16. The molecule has 27 heteroatoms. The van der Waals surface area contributed by atoms with Crippen molar-refractivity contribution >= 4 is 64.7 Å². The number of rotatable bonds is 25. The van der Waals surface area contributed by atoms with Gasteiger partial charge in [-0.2, -0.15) is 5.26 Å². The quantitative estimate of drug-likeness (QED) is 0.0417. The number of nitrogens with one attached hydrogen (secondary N) is 5. The summed E-state index contributed by atoms with van der Waals surface area (Å²) >= 11 is 0. The molecule has 6 amide bonds. The molecule has 3 heterocycles. The van der Waals surface area contributed by atoms with Crippen molar-refractivity contribution in [3.05, 3.63) is 77.1 Å². The average Bonchev–Trinajstić information content (AvgIpc) is 3.85. The molecule has 2 aliphatic rings. The Hall–Kier alpha value is -8.19. The highest BCUT2D eigenvalue weighted by atomic mass is 19.3. The summed E-state index contributed by atoms with van der Waals surface area (Å²) in [4.78, 5) is 126. The molecule has 0 aliphatic carbocycles. The number of alkyl halides is 2. The Morgan fingerprint density at radius 2 is 1.27 bits per heavy atom. The lowest BCUT2D eigenvalue weighted by atomic mass is 10.00. The zero-order chi connectivity index (χ0) is 59.2. The number of anilines is 2. The van der Waals surface area contributed by atoms with Crippen LogP contribution in [-0.4, -0.2) is 214 Å². The van der Waals surface area contributed by atoms with Crippen LogP contribution < -0.4 is 32.3 Å². The second-order valence-electron chi connectivity index (χ2n) is 20.1. The summed E-state index contributed by atoms with van der Waals surface area (Å²) in [7, 11) is 0. The third kappa shape index (κ3) is 21.8. The topological polar surface area (TPSA) is 353 Å². The van der Waals surface area contributed by atoms with Gasteiger partial charge in [-0.15, -0.1) is 0 Å². The molecule has 2 aromatic carbocycles. The van der Waals surface area contributed by atoms with Gasteiger partial charge in [0.05, 0.1) is 57.6 Å². The van der Waals surface area contributed by atoms with E-state index in [-0.39, 0.29) is 128 Å². The van der Waals surface area contributed by atoms with E-state index in [1.807, 2.05) is 44.2 Å². The van der Waals surface area contributed by atoms with Crippen LogP contribution in [0.5, 0.6) is 0 Å². The molecule has 0 radical (unpaired) electrons. The summed E-state index contributed by atoms with van der Waals surface area (Å²) in [5.41, 5.74) is 10.9. The molecular formula is C54H71F2N13O12. The predicted octanol–water partition coefficient (Wildman–Crippen LogP) is 0.719. The molecule has 10 N–H and O–H groups in total. The Bertz CT molecular complexity index is 2770. The van der Waals surface area contributed by atoms with Crippen molar-refractivity contribution in [1.82, 2.24) is 50.8 Å². The van der Waals surface area contributed by atoms with Crippen molar-refractivity contribution < 1.29 is 67.3 Å². The molecule has 0 bridgehead atoms.